The Balaban J connectivity index is 1.73. The van der Waals surface area contributed by atoms with Gasteiger partial charge in [0.25, 0.3) is 5.91 Å². The van der Waals surface area contributed by atoms with E-state index in [4.69, 9.17) is 9.15 Å². The number of furan rings is 1. The molecule has 1 amide bonds. The van der Waals surface area contributed by atoms with Crippen molar-refractivity contribution in [3.63, 3.8) is 0 Å². The third-order valence-electron chi connectivity index (χ3n) is 5.51. The van der Waals surface area contributed by atoms with E-state index in [9.17, 15) is 9.90 Å². The number of methoxy groups -OCH3 is 1. The Kier molecular flexibility index (Phi) is 5.34. The van der Waals surface area contributed by atoms with Gasteiger partial charge in [0.15, 0.2) is 0 Å². The van der Waals surface area contributed by atoms with E-state index in [1.165, 1.54) is 6.33 Å². The highest BCUT2D eigenvalue weighted by molar-refractivity contribution is 6.10. The largest absolute Gasteiger partial charge is 0.496 e. The molecule has 2 N–H and O–H groups in total. The number of benzene rings is 1. The fraction of sp³-hybridized carbons (Fsp3) is 0.409. The first-order chi connectivity index (χ1) is 14.5. The molecule has 0 spiro atoms. The van der Waals surface area contributed by atoms with Gasteiger partial charge in [0.05, 0.1) is 24.7 Å². The third-order valence-corrected chi connectivity index (χ3v) is 5.51. The van der Waals surface area contributed by atoms with Crippen LogP contribution in [0.3, 0.4) is 0 Å². The average Bonchev–Trinajstić information content (AvgIpc) is 3.35. The highest BCUT2D eigenvalue weighted by Crippen LogP contribution is 2.40. The number of nitrogens with zero attached hydrogens (tertiary/aromatic N) is 3. The number of aliphatic hydroxyl groups is 1. The Morgan fingerprint density at radius 2 is 2.10 bits per heavy atom. The van der Waals surface area contributed by atoms with Gasteiger partial charge >= 0.3 is 0 Å². The Labute approximate surface area is 174 Å². The van der Waals surface area contributed by atoms with Gasteiger partial charge in [0.2, 0.25) is 5.71 Å². The molecule has 0 aliphatic heterocycles. The molecule has 8 heteroatoms. The smallest absolute Gasteiger partial charge is 0.258 e. The molecule has 0 radical (unpaired) electrons. The van der Waals surface area contributed by atoms with Crippen molar-refractivity contribution in [2.45, 2.75) is 38.8 Å². The highest BCUT2D eigenvalue weighted by atomic mass is 16.5. The first kappa shape index (κ1) is 20.2. The summed E-state index contributed by atoms with van der Waals surface area (Å²) in [5.74, 6) is 1.52. The summed E-state index contributed by atoms with van der Waals surface area (Å²) in [4.78, 5) is 23.8. The zero-order valence-electron chi connectivity index (χ0n) is 17.4. The predicted octanol–water partition coefficient (Wildman–Crippen LogP) is 3.14. The number of aryl methyl sites for hydroxylation is 1. The summed E-state index contributed by atoms with van der Waals surface area (Å²) in [6.45, 7) is 4.18. The lowest BCUT2D eigenvalue weighted by Crippen LogP contribution is -2.33. The molecular formula is C22H26N4O4. The Morgan fingerprint density at radius 1 is 1.33 bits per heavy atom. The van der Waals surface area contributed by atoms with Crippen LogP contribution in [0.4, 0.5) is 5.82 Å². The number of carbonyl (C=O) groups excluding carboxylic acids is 1. The van der Waals surface area contributed by atoms with Gasteiger partial charge in [-0.2, -0.15) is 0 Å². The summed E-state index contributed by atoms with van der Waals surface area (Å²) >= 11 is 0. The van der Waals surface area contributed by atoms with Gasteiger partial charge in [0, 0.05) is 24.2 Å². The van der Waals surface area contributed by atoms with Gasteiger partial charge in [-0.15, -0.1) is 0 Å². The van der Waals surface area contributed by atoms with E-state index in [0.29, 0.717) is 40.5 Å². The van der Waals surface area contributed by atoms with Crippen LogP contribution >= 0.6 is 0 Å². The molecule has 1 aliphatic carbocycles. The SMILES string of the molecule is COc1ccccc1CN(CCO)C(=O)c1c(C)oc2ncnc(NC3(C)CC3)c12. The lowest BCUT2D eigenvalue weighted by atomic mass is 10.1. The maximum Gasteiger partial charge on any atom is 0.258 e. The number of amides is 1. The second kappa shape index (κ2) is 7.95. The van der Waals surface area contributed by atoms with Crippen LogP contribution in [0.5, 0.6) is 5.75 Å². The Hall–Kier alpha value is -3.13. The number of para-hydroxylation sites is 1. The molecule has 0 atom stereocenters. The van der Waals surface area contributed by atoms with Crippen LogP contribution in [0.2, 0.25) is 0 Å². The molecular weight excluding hydrogens is 384 g/mol. The molecule has 0 unspecified atom stereocenters. The molecule has 1 aliphatic rings. The quantitative estimate of drug-likeness (QED) is 0.588. The van der Waals surface area contributed by atoms with Crippen LogP contribution in [0.15, 0.2) is 35.0 Å². The fourth-order valence-corrected chi connectivity index (χ4v) is 3.57. The molecule has 2 heterocycles. The van der Waals surface area contributed by atoms with Crippen molar-refractivity contribution >= 4 is 22.8 Å². The second-order valence-corrected chi connectivity index (χ2v) is 7.88. The molecule has 0 saturated heterocycles. The minimum Gasteiger partial charge on any atom is -0.496 e. The van der Waals surface area contributed by atoms with E-state index in [1.807, 2.05) is 24.3 Å². The van der Waals surface area contributed by atoms with Crippen molar-refractivity contribution in [2.24, 2.45) is 0 Å². The van der Waals surface area contributed by atoms with E-state index in [2.05, 4.69) is 22.2 Å². The Morgan fingerprint density at radius 3 is 2.80 bits per heavy atom. The van der Waals surface area contributed by atoms with Crippen molar-refractivity contribution in [3.8, 4) is 5.75 Å². The summed E-state index contributed by atoms with van der Waals surface area (Å²) in [6.07, 6.45) is 3.53. The summed E-state index contributed by atoms with van der Waals surface area (Å²) in [7, 11) is 1.60. The van der Waals surface area contributed by atoms with E-state index >= 15 is 0 Å². The molecule has 158 valence electrons. The molecule has 30 heavy (non-hydrogen) atoms. The van der Waals surface area contributed by atoms with Gasteiger partial charge < -0.3 is 24.5 Å². The minimum absolute atomic E-state index is 0.0189. The van der Waals surface area contributed by atoms with Gasteiger partial charge in [-0.3, -0.25) is 4.79 Å². The summed E-state index contributed by atoms with van der Waals surface area (Å²) in [6, 6.07) is 7.52. The van der Waals surface area contributed by atoms with E-state index in [-0.39, 0.29) is 24.6 Å². The van der Waals surface area contributed by atoms with Crippen molar-refractivity contribution in [2.75, 3.05) is 25.6 Å². The number of carbonyl (C=O) groups is 1. The van der Waals surface area contributed by atoms with Crippen LogP contribution < -0.4 is 10.1 Å². The molecule has 1 aromatic carbocycles. The summed E-state index contributed by atoms with van der Waals surface area (Å²) < 4.78 is 11.2. The lowest BCUT2D eigenvalue weighted by molar-refractivity contribution is 0.0706. The average molecular weight is 410 g/mol. The first-order valence-electron chi connectivity index (χ1n) is 10.00. The van der Waals surface area contributed by atoms with Crippen LogP contribution in [0.25, 0.3) is 11.1 Å². The van der Waals surface area contributed by atoms with Crippen molar-refractivity contribution in [1.29, 1.82) is 0 Å². The van der Waals surface area contributed by atoms with Gasteiger partial charge in [-0.1, -0.05) is 18.2 Å². The number of fused-ring (bicyclic) bond motifs is 1. The van der Waals surface area contributed by atoms with Crippen molar-refractivity contribution in [1.82, 2.24) is 14.9 Å². The van der Waals surface area contributed by atoms with Gasteiger partial charge in [-0.25, -0.2) is 9.97 Å². The molecule has 4 rings (SSSR count). The molecule has 3 aromatic rings. The molecule has 2 aromatic heterocycles. The number of nitrogens with one attached hydrogen (secondary N) is 1. The number of ether oxygens (including phenoxy) is 1. The zero-order valence-corrected chi connectivity index (χ0v) is 17.4. The van der Waals surface area contributed by atoms with E-state index < -0.39 is 0 Å². The fourth-order valence-electron chi connectivity index (χ4n) is 3.57. The third kappa shape index (κ3) is 3.82. The molecule has 1 saturated carbocycles. The van der Waals surface area contributed by atoms with Crippen LogP contribution in [0.1, 0.15) is 41.4 Å². The number of rotatable bonds is 8. The monoisotopic (exact) mass is 410 g/mol. The maximum absolute atomic E-state index is 13.6. The standard InChI is InChI=1S/C22H26N4O4/c1-14-17(18-19(25-22(2)8-9-22)23-13-24-20(18)30-14)21(28)26(10-11-27)12-15-6-4-5-7-16(15)29-3/h4-7,13,27H,8-12H2,1-3H3,(H,23,24,25). The van der Waals surface area contributed by atoms with Crippen molar-refractivity contribution < 1.29 is 19.1 Å². The number of hydrogen-bond acceptors (Lipinski definition) is 7. The topological polar surface area (TPSA) is 101 Å². The number of hydrogen-bond donors (Lipinski definition) is 2. The lowest BCUT2D eigenvalue weighted by Gasteiger charge is -2.23. The first-order valence-corrected chi connectivity index (χ1v) is 10.00. The molecule has 0 bridgehead atoms. The number of aliphatic hydroxyl groups excluding tert-OH is 1. The number of anilines is 1. The van der Waals surface area contributed by atoms with Crippen molar-refractivity contribution in [3.05, 3.63) is 47.5 Å². The van der Waals surface area contributed by atoms with Crippen LogP contribution in [-0.2, 0) is 6.54 Å². The van der Waals surface area contributed by atoms with Gasteiger partial charge in [-0.05, 0) is 32.8 Å². The Bertz CT molecular complexity index is 1070. The minimum atomic E-state index is -0.245. The summed E-state index contributed by atoms with van der Waals surface area (Å²) in [5, 5.41) is 13.6. The maximum atomic E-state index is 13.6. The highest BCUT2D eigenvalue weighted by Gasteiger charge is 2.39. The summed E-state index contributed by atoms with van der Waals surface area (Å²) in [5.41, 5.74) is 1.63. The normalized spacial score (nSPS) is 14.5. The predicted molar refractivity (Wildman–Crippen MR) is 113 cm³/mol. The van der Waals surface area contributed by atoms with E-state index in [0.717, 1.165) is 18.4 Å². The van der Waals surface area contributed by atoms with E-state index in [1.54, 1.807) is 18.9 Å². The zero-order chi connectivity index (χ0) is 21.3. The van der Waals surface area contributed by atoms with Gasteiger partial charge in [0.1, 0.15) is 23.7 Å². The van der Waals surface area contributed by atoms with Crippen LogP contribution in [0, 0.1) is 6.92 Å². The molecule has 8 nitrogen and oxygen atoms in total. The van der Waals surface area contributed by atoms with Crippen LogP contribution in [-0.4, -0.2) is 51.7 Å². The number of aromatic nitrogens is 2. The molecule has 1 fully saturated rings. The second-order valence-electron chi connectivity index (χ2n) is 7.88.